The van der Waals surface area contributed by atoms with Crippen molar-refractivity contribution in [1.29, 1.82) is 0 Å². The van der Waals surface area contributed by atoms with E-state index in [1.54, 1.807) is 0 Å². The lowest BCUT2D eigenvalue weighted by molar-refractivity contribution is 0.272. The molecule has 3 heteroatoms. The van der Waals surface area contributed by atoms with Crippen LogP contribution in [0.4, 0.5) is 0 Å². The molecule has 1 aromatic heterocycles. The molecule has 0 aliphatic heterocycles. The van der Waals surface area contributed by atoms with Gasteiger partial charge in [-0.15, -0.1) is 11.3 Å². The molecule has 1 fully saturated rings. The van der Waals surface area contributed by atoms with Gasteiger partial charge in [0.15, 0.2) is 0 Å². The predicted molar refractivity (Wildman–Crippen MR) is 78.1 cm³/mol. The zero-order valence-electron chi connectivity index (χ0n) is 10.9. The first kappa shape index (κ1) is 12.1. The van der Waals surface area contributed by atoms with E-state index in [1.165, 1.54) is 35.4 Å². The van der Waals surface area contributed by atoms with Crippen molar-refractivity contribution >= 4 is 21.6 Å². The smallest absolute Gasteiger partial charge is 0.0941 e. The number of thiazole rings is 1. The van der Waals surface area contributed by atoms with Crippen LogP contribution in [0.5, 0.6) is 0 Å². The maximum absolute atomic E-state index is 4.77. The minimum Gasteiger partial charge on any atom is -0.317 e. The molecule has 96 valence electrons. The molecule has 18 heavy (non-hydrogen) atoms. The van der Waals surface area contributed by atoms with Crippen molar-refractivity contribution in [3.05, 3.63) is 29.3 Å². The molecule has 0 radical (unpaired) electrons. The van der Waals surface area contributed by atoms with Gasteiger partial charge in [-0.05, 0) is 37.9 Å². The molecule has 0 bridgehead atoms. The van der Waals surface area contributed by atoms with E-state index in [1.807, 2.05) is 11.3 Å². The van der Waals surface area contributed by atoms with E-state index < -0.39 is 0 Å². The number of nitrogens with one attached hydrogen (secondary N) is 1. The first-order valence-electron chi connectivity index (χ1n) is 6.88. The third-order valence-electron chi connectivity index (χ3n) is 4.05. The maximum atomic E-state index is 4.77. The second-order valence-electron chi connectivity index (χ2n) is 5.22. The van der Waals surface area contributed by atoms with E-state index in [4.69, 9.17) is 4.98 Å². The third-order valence-corrected chi connectivity index (χ3v) is 5.11. The van der Waals surface area contributed by atoms with Gasteiger partial charge in [-0.2, -0.15) is 0 Å². The van der Waals surface area contributed by atoms with E-state index in [-0.39, 0.29) is 0 Å². The van der Waals surface area contributed by atoms with Crippen LogP contribution in [0, 0.1) is 5.92 Å². The highest BCUT2D eigenvalue weighted by Crippen LogP contribution is 2.30. The average molecular weight is 260 g/mol. The standard InChI is InChI=1S/C15H20N2S/c1-16-12-7-3-2-6-11(12)10-15-17-13-8-4-5-9-14(13)18-15/h4-5,8-9,11-12,16H,2-3,6-7,10H2,1H3. The van der Waals surface area contributed by atoms with Gasteiger partial charge in [0.25, 0.3) is 0 Å². The molecule has 0 spiro atoms. The van der Waals surface area contributed by atoms with Gasteiger partial charge in [-0.1, -0.05) is 25.0 Å². The van der Waals surface area contributed by atoms with Crippen molar-refractivity contribution in [2.45, 2.75) is 38.1 Å². The Kier molecular flexibility index (Phi) is 3.62. The molecule has 2 unspecified atom stereocenters. The molecule has 1 aromatic carbocycles. The Morgan fingerprint density at radius 3 is 2.94 bits per heavy atom. The monoisotopic (exact) mass is 260 g/mol. The first-order chi connectivity index (χ1) is 8.86. The van der Waals surface area contributed by atoms with Crippen LogP contribution in [-0.2, 0) is 6.42 Å². The molecule has 0 amide bonds. The topological polar surface area (TPSA) is 24.9 Å². The van der Waals surface area contributed by atoms with Crippen molar-refractivity contribution in [2.24, 2.45) is 5.92 Å². The summed E-state index contributed by atoms with van der Waals surface area (Å²) in [6.45, 7) is 0. The molecule has 1 heterocycles. The quantitative estimate of drug-likeness (QED) is 0.911. The summed E-state index contributed by atoms with van der Waals surface area (Å²) in [4.78, 5) is 4.77. The Bertz CT molecular complexity index is 487. The molecule has 0 saturated heterocycles. The fourth-order valence-corrected chi connectivity index (χ4v) is 4.12. The Hall–Kier alpha value is -0.930. The average Bonchev–Trinajstić information content (AvgIpc) is 2.81. The predicted octanol–water partition coefficient (Wildman–Crippen LogP) is 3.62. The molecule has 1 aliphatic carbocycles. The summed E-state index contributed by atoms with van der Waals surface area (Å²) < 4.78 is 1.32. The molecule has 2 nitrogen and oxygen atoms in total. The van der Waals surface area contributed by atoms with Crippen LogP contribution in [0.15, 0.2) is 24.3 Å². The minimum atomic E-state index is 0.686. The molecule has 1 N–H and O–H groups in total. The first-order valence-corrected chi connectivity index (χ1v) is 7.70. The fraction of sp³-hybridized carbons (Fsp3) is 0.533. The van der Waals surface area contributed by atoms with Crippen molar-refractivity contribution in [3.8, 4) is 0 Å². The molecule has 2 aromatic rings. The number of hydrogen-bond acceptors (Lipinski definition) is 3. The number of benzene rings is 1. The molecule has 3 rings (SSSR count). The summed E-state index contributed by atoms with van der Waals surface area (Å²) in [6.07, 6.45) is 6.58. The summed E-state index contributed by atoms with van der Waals surface area (Å²) in [5, 5.41) is 4.79. The van der Waals surface area contributed by atoms with Crippen LogP contribution in [0.1, 0.15) is 30.7 Å². The zero-order valence-corrected chi connectivity index (χ0v) is 11.7. The van der Waals surface area contributed by atoms with Crippen molar-refractivity contribution in [1.82, 2.24) is 10.3 Å². The number of para-hydroxylation sites is 1. The largest absolute Gasteiger partial charge is 0.317 e. The van der Waals surface area contributed by atoms with Crippen LogP contribution in [0.2, 0.25) is 0 Å². The lowest BCUT2D eigenvalue weighted by Crippen LogP contribution is -2.37. The van der Waals surface area contributed by atoms with Crippen LogP contribution in [0.25, 0.3) is 10.2 Å². The highest BCUT2D eigenvalue weighted by atomic mass is 32.1. The zero-order chi connectivity index (χ0) is 12.4. The van der Waals surface area contributed by atoms with E-state index >= 15 is 0 Å². The van der Waals surface area contributed by atoms with Gasteiger partial charge in [0.05, 0.1) is 15.2 Å². The number of fused-ring (bicyclic) bond motifs is 1. The van der Waals surface area contributed by atoms with Gasteiger partial charge in [-0.25, -0.2) is 4.98 Å². The van der Waals surface area contributed by atoms with Crippen LogP contribution >= 0.6 is 11.3 Å². The number of hydrogen-bond donors (Lipinski definition) is 1. The fourth-order valence-electron chi connectivity index (χ4n) is 3.06. The van der Waals surface area contributed by atoms with Gasteiger partial charge in [-0.3, -0.25) is 0 Å². The Balaban J connectivity index is 1.78. The Labute approximate surface area is 112 Å². The van der Waals surface area contributed by atoms with Crippen molar-refractivity contribution in [3.63, 3.8) is 0 Å². The summed E-state index contributed by atoms with van der Waals surface area (Å²) >= 11 is 1.86. The second-order valence-corrected chi connectivity index (χ2v) is 6.33. The number of aromatic nitrogens is 1. The van der Waals surface area contributed by atoms with E-state index in [0.717, 1.165) is 17.9 Å². The van der Waals surface area contributed by atoms with E-state index in [2.05, 4.69) is 36.6 Å². The molecule has 1 aliphatic rings. The highest BCUT2D eigenvalue weighted by Gasteiger charge is 2.24. The van der Waals surface area contributed by atoms with Crippen LogP contribution < -0.4 is 5.32 Å². The van der Waals surface area contributed by atoms with Gasteiger partial charge in [0, 0.05) is 12.5 Å². The van der Waals surface area contributed by atoms with E-state index in [9.17, 15) is 0 Å². The Morgan fingerprint density at radius 1 is 1.28 bits per heavy atom. The SMILES string of the molecule is CNC1CCCCC1Cc1nc2ccccc2s1. The van der Waals surface area contributed by atoms with Gasteiger partial charge in [0.1, 0.15) is 0 Å². The molecular weight excluding hydrogens is 240 g/mol. The maximum Gasteiger partial charge on any atom is 0.0941 e. The summed E-state index contributed by atoms with van der Waals surface area (Å²) in [6, 6.07) is 9.15. The van der Waals surface area contributed by atoms with Crippen LogP contribution in [-0.4, -0.2) is 18.1 Å². The van der Waals surface area contributed by atoms with E-state index in [0.29, 0.717) is 6.04 Å². The highest BCUT2D eigenvalue weighted by molar-refractivity contribution is 7.18. The number of rotatable bonds is 3. The summed E-state index contributed by atoms with van der Waals surface area (Å²) in [5.74, 6) is 0.768. The Morgan fingerprint density at radius 2 is 2.11 bits per heavy atom. The third kappa shape index (κ3) is 2.43. The molecule has 2 atom stereocenters. The lowest BCUT2D eigenvalue weighted by Gasteiger charge is -2.30. The molecular formula is C15H20N2S. The minimum absolute atomic E-state index is 0.686. The van der Waals surface area contributed by atoms with Crippen LogP contribution in [0.3, 0.4) is 0 Å². The second kappa shape index (κ2) is 5.37. The normalized spacial score (nSPS) is 24.5. The summed E-state index contributed by atoms with van der Waals surface area (Å²) in [7, 11) is 2.10. The summed E-state index contributed by atoms with van der Waals surface area (Å²) in [5.41, 5.74) is 1.16. The van der Waals surface area contributed by atoms with Gasteiger partial charge in [0.2, 0.25) is 0 Å². The molecule has 1 saturated carbocycles. The van der Waals surface area contributed by atoms with Gasteiger partial charge < -0.3 is 5.32 Å². The van der Waals surface area contributed by atoms with Gasteiger partial charge >= 0.3 is 0 Å². The lowest BCUT2D eigenvalue weighted by atomic mass is 9.83. The van der Waals surface area contributed by atoms with Crippen molar-refractivity contribution < 1.29 is 0 Å². The van der Waals surface area contributed by atoms with Crippen molar-refractivity contribution in [2.75, 3.05) is 7.05 Å². The number of nitrogens with zero attached hydrogens (tertiary/aromatic N) is 1.